The number of hydrogen-bond acceptors (Lipinski definition) is 4. The maximum atomic E-state index is 13.9. The summed E-state index contributed by atoms with van der Waals surface area (Å²) in [6.07, 6.45) is 8.24. The van der Waals surface area contributed by atoms with Gasteiger partial charge in [-0.25, -0.2) is 4.79 Å². The van der Waals surface area contributed by atoms with Crippen molar-refractivity contribution in [1.82, 2.24) is 0 Å². The second kappa shape index (κ2) is 6.66. The number of ketones is 1. The molecule has 1 aromatic rings. The number of carboxylic acids is 1. The van der Waals surface area contributed by atoms with Crippen molar-refractivity contribution < 1.29 is 24.2 Å². The maximum Gasteiger partial charge on any atom is 0.338 e. The minimum absolute atomic E-state index is 0.0380. The van der Waals surface area contributed by atoms with Gasteiger partial charge in [0.1, 0.15) is 11.5 Å². The maximum absolute atomic E-state index is 13.9. The fraction of sp³-hybridized carbons (Fsp3) is 0.480. The summed E-state index contributed by atoms with van der Waals surface area (Å²) in [6.45, 7) is 3.74. The Morgan fingerprint density at radius 3 is 2.43 bits per heavy atom. The lowest BCUT2D eigenvalue weighted by atomic mass is 9.47. The summed E-state index contributed by atoms with van der Waals surface area (Å²) in [5.41, 5.74) is -1.12. The van der Waals surface area contributed by atoms with Gasteiger partial charge in [-0.05, 0) is 42.2 Å². The van der Waals surface area contributed by atoms with Crippen LogP contribution in [0.5, 0.6) is 0 Å². The molecule has 2 unspecified atom stereocenters. The van der Waals surface area contributed by atoms with Crippen molar-refractivity contribution in [2.75, 3.05) is 0 Å². The molecule has 1 aromatic carbocycles. The monoisotopic (exact) mass is 406 g/mol. The molecule has 0 aromatic heterocycles. The largest absolute Gasteiger partial charge is 0.480 e. The smallest absolute Gasteiger partial charge is 0.338 e. The fourth-order valence-corrected chi connectivity index (χ4v) is 6.83. The lowest BCUT2D eigenvalue weighted by Crippen LogP contribution is -2.66. The number of carbonyl (C=O) groups is 3. The van der Waals surface area contributed by atoms with Gasteiger partial charge in [0.2, 0.25) is 0 Å². The molecule has 0 spiro atoms. The van der Waals surface area contributed by atoms with Crippen LogP contribution in [-0.2, 0) is 14.3 Å². The molecule has 0 heterocycles. The summed E-state index contributed by atoms with van der Waals surface area (Å²) < 4.78 is 6.13. The van der Waals surface area contributed by atoms with Crippen molar-refractivity contribution >= 4 is 17.7 Å². The fourth-order valence-electron chi connectivity index (χ4n) is 6.83. The highest BCUT2D eigenvalue weighted by Gasteiger charge is 2.71. The number of fused-ring (bicyclic) bond motifs is 6. The van der Waals surface area contributed by atoms with Crippen molar-refractivity contribution in [3.63, 3.8) is 0 Å². The highest BCUT2D eigenvalue weighted by molar-refractivity contribution is 6.07. The van der Waals surface area contributed by atoms with E-state index >= 15 is 0 Å². The van der Waals surface area contributed by atoms with Crippen LogP contribution in [0.3, 0.4) is 0 Å². The van der Waals surface area contributed by atoms with Gasteiger partial charge in [0.25, 0.3) is 0 Å². The van der Waals surface area contributed by atoms with Crippen molar-refractivity contribution in [2.45, 2.75) is 26.4 Å². The van der Waals surface area contributed by atoms with Gasteiger partial charge in [-0.15, -0.1) is 0 Å². The van der Waals surface area contributed by atoms with Gasteiger partial charge in [-0.2, -0.15) is 0 Å². The summed E-state index contributed by atoms with van der Waals surface area (Å²) in [6, 6.07) is 8.79. The Hall–Kier alpha value is -2.69. The number of carboxylic acid groups (broad SMARTS) is 1. The standard InChI is InChI=1S/C25H26O5/c1-13-8-9-14(2)25(24(28)29)20(13)21(30-23(27)15-6-4-3-5-7-15)18-16-10-11-17(12-16)19(18)22(25)26/h3-11,13-14,16-21H,12H2,1-2H3,(H,28,29)/t13-,14+,16+,17-,18?,19?,20-,21+,25-/m0/s1. The molecule has 5 rings (SSSR count). The quantitative estimate of drug-likeness (QED) is 0.470. The number of aliphatic carboxylic acids is 1. The number of benzene rings is 1. The average Bonchev–Trinajstić information content (AvgIpc) is 3.35. The molecule has 0 amide bonds. The molecular weight excluding hydrogens is 380 g/mol. The predicted molar refractivity (Wildman–Crippen MR) is 109 cm³/mol. The number of Topliss-reactive ketones (excluding diaryl/α,β-unsaturated/α-hetero) is 1. The second-order valence-corrected chi connectivity index (χ2v) is 9.38. The van der Waals surface area contributed by atoms with E-state index < -0.39 is 41.2 Å². The number of hydrogen-bond donors (Lipinski definition) is 1. The van der Waals surface area contributed by atoms with E-state index in [9.17, 15) is 19.5 Å². The molecule has 5 nitrogen and oxygen atoms in total. The molecule has 4 aliphatic carbocycles. The van der Waals surface area contributed by atoms with Gasteiger partial charge in [0, 0.05) is 17.8 Å². The van der Waals surface area contributed by atoms with Crippen molar-refractivity contribution in [1.29, 1.82) is 0 Å². The molecular formula is C25H26O5. The van der Waals surface area contributed by atoms with E-state index in [1.807, 2.05) is 25.1 Å². The number of rotatable bonds is 3. The molecule has 0 radical (unpaired) electrons. The Labute approximate surface area is 175 Å². The van der Waals surface area contributed by atoms with Gasteiger partial charge in [-0.1, -0.05) is 56.4 Å². The normalized spacial score (nSPS) is 43.2. The average molecular weight is 406 g/mol. The van der Waals surface area contributed by atoms with Crippen LogP contribution in [0.2, 0.25) is 0 Å². The summed E-state index contributed by atoms with van der Waals surface area (Å²) in [4.78, 5) is 39.7. The van der Waals surface area contributed by atoms with Crippen LogP contribution < -0.4 is 0 Å². The summed E-state index contributed by atoms with van der Waals surface area (Å²) >= 11 is 0. The summed E-state index contributed by atoms with van der Waals surface area (Å²) in [7, 11) is 0. The summed E-state index contributed by atoms with van der Waals surface area (Å²) in [5, 5.41) is 10.4. The lowest BCUT2D eigenvalue weighted by Gasteiger charge is -2.55. The van der Waals surface area contributed by atoms with Crippen LogP contribution in [0.25, 0.3) is 0 Å². The molecule has 0 saturated heterocycles. The molecule has 156 valence electrons. The van der Waals surface area contributed by atoms with E-state index in [1.165, 1.54) is 0 Å². The van der Waals surface area contributed by atoms with E-state index in [2.05, 4.69) is 12.2 Å². The molecule has 1 N–H and O–H groups in total. The van der Waals surface area contributed by atoms with Gasteiger partial charge < -0.3 is 9.84 Å². The molecule has 0 aliphatic heterocycles. The Balaban J connectivity index is 1.64. The van der Waals surface area contributed by atoms with Gasteiger partial charge in [-0.3, -0.25) is 9.59 Å². The zero-order valence-corrected chi connectivity index (χ0v) is 17.1. The molecule has 4 aliphatic rings. The zero-order chi connectivity index (χ0) is 21.2. The van der Waals surface area contributed by atoms with Crippen LogP contribution in [0, 0.1) is 46.8 Å². The minimum Gasteiger partial charge on any atom is -0.480 e. The third kappa shape index (κ3) is 2.38. The van der Waals surface area contributed by atoms with Crippen LogP contribution >= 0.6 is 0 Å². The first-order chi connectivity index (χ1) is 14.4. The van der Waals surface area contributed by atoms with Gasteiger partial charge in [0.15, 0.2) is 5.78 Å². The molecule has 2 saturated carbocycles. The Morgan fingerprint density at radius 2 is 1.73 bits per heavy atom. The third-order valence-electron chi connectivity index (χ3n) is 8.08. The zero-order valence-electron chi connectivity index (χ0n) is 17.1. The van der Waals surface area contributed by atoms with Crippen LogP contribution in [-0.4, -0.2) is 28.9 Å². The number of esters is 1. The molecule has 30 heavy (non-hydrogen) atoms. The van der Waals surface area contributed by atoms with E-state index in [1.54, 1.807) is 31.2 Å². The first-order valence-corrected chi connectivity index (χ1v) is 10.8. The van der Waals surface area contributed by atoms with E-state index in [4.69, 9.17) is 4.74 Å². The Morgan fingerprint density at radius 1 is 1.03 bits per heavy atom. The molecule has 2 bridgehead atoms. The third-order valence-corrected chi connectivity index (χ3v) is 8.08. The van der Waals surface area contributed by atoms with E-state index in [0.29, 0.717) is 5.56 Å². The summed E-state index contributed by atoms with van der Waals surface area (Å²) in [5.74, 6) is -3.29. The first kappa shape index (κ1) is 19.3. The molecule has 5 heteroatoms. The van der Waals surface area contributed by atoms with Crippen molar-refractivity contribution in [3.05, 3.63) is 60.2 Å². The molecule has 9 atom stereocenters. The number of allylic oxidation sites excluding steroid dienone is 4. The highest BCUT2D eigenvalue weighted by Crippen LogP contribution is 2.63. The lowest BCUT2D eigenvalue weighted by molar-refractivity contribution is -0.186. The van der Waals surface area contributed by atoms with Gasteiger partial charge >= 0.3 is 11.9 Å². The first-order valence-electron chi connectivity index (χ1n) is 10.8. The van der Waals surface area contributed by atoms with E-state index in [0.717, 1.165) is 6.42 Å². The number of ether oxygens (including phenoxy) is 1. The Bertz CT molecular complexity index is 963. The van der Waals surface area contributed by atoms with Crippen LogP contribution in [0.1, 0.15) is 30.6 Å². The topological polar surface area (TPSA) is 80.7 Å². The highest BCUT2D eigenvalue weighted by atomic mass is 16.5. The SMILES string of the molecule is C[C@@H]1C=C[C@H](C)[C@H]2[C@H](OC(=O)c3ccccc3)C3C(C(=O)[C@@]21C(=O)O)[C@H]1C=C[C@@H]3C1. The number of carbonyl (C=O) groups excluding carboxylic acids is 2. The van der Waals surface area contributed by atoms with Crippen LogP contribution in [0.4, 0.5) is 0 Å². The van der Waals surface area contributed by atoms with Crippen molar-refractivity contribution in [3.8, 4) is 0 Å². The van der Waals surface area contributed by atoms with Crippen LogP contribution in [0.15, 0.2) is 54.6 Å². The Kier molecular flexibility index (Phi) is 4.28. The predicted octanol–water partition coefficient (Wildman–Crippen LogP) is 3.76. The molecule has 2 fully saturated rings. The minimum atomic E-state index is -1.56. The second-order valence-electron chi connectivity index (χ2n) is 9.38. The van der Waals surface area contributed by atoms with Gasteiger partial charge in [0.05, 0.1) is 5.56 Å². The van der Waals surface area contributed by atoms with E-state index in [-0.39, 0.29) is 29.5 Å². The van der Waals surface area contributed by atoms with Crippen molar-refractivity contribution in [2.24, 2.45) is 46.8 Å².